The van der Waals surface area contributed by atoms with Crippen LogP contribution in [0.5, 0.6) is 0 Å². The maximum atomic E-state index is 3.72. The van der Waals surface area contributed by atoms with Gasteiger partial charge in [-0.05, 0) is 44.4 Å². The van der Waals surface area contributed by atoms with Crippen molar-refractivity contribution in [1.82, 2.24) is 10.2 Å². The Morgan fingerprint density at radius 2 is 2.11 bits per heavy atom. The average molecular weight is 270 g/mol. The summed E-state index contributed by atoms with van der Waals surface area (Å²) in [5.41, 5.74) is 0. The number of hydrogen-bond acceptors (Lipinski definition) is 3. The van der Waals surface area contributed by atoms with Crippen molar-refractivity contribution in [1.29, 1.82) is 0 Å². The predicted molar refractivity (Wildman–Crippen MR) is 82.4 cm³/mol. The first-order chi connectivity index (χ1) is 8.69. The summed E-state index contributed by atoms with van der Waals surface area (Å²) < 4.78 is 0. The van der Waals surface area contributed by atoms with Gasteiger partial charge in [0.2, 0.25) is 0 Å². The topological polar surface area (TPSA) is 15.3 Å². The van der Waals surface area contributed by atoms with E-state index in [2.05, 4.69) is 42.7 Å². The van der Waals surface area contributed by atoms with Crippen molar-refractivity contribution in [3.8, 4) is 0 Å². The molecular formula is C15H30N2S. The first kappa shape index (κ1) is 14.7. The van der Waals surface area contributed by atoms with Crippen molar-refractivity contribution in [3.63, 3.8) is 0 Å². The van der Waals surface area contributed by atoms with Crippen LogP contribution in [0.15, 0.2) is 0 Å². The molecule has 18 heavy (non-hydrogen) atoms. The molecule has 0 aromatic carbocycles. The van der Waals surface area contributed by atoms with Gasteiger partial charge < -0.3 is 5.32 Å². The summed E-state index contributed by atoms with van der Waals surface area (Å²) >= 11 is 2.18. The van der Waals surface area contributed by atoms with Crippen molar-refractivity contribution in [2.24, 2.45) is 0 Å². The van der Waals surface area contributed by atoms with E-state index in [1.165, 1.54) is 50.9 Å². The van der Waals surface area contributed by atoms with Gasteiger partial charge in [0.15, 0.2) is 0 Å². The molecule has 2 aliphatic rings. The first-order valence-corrected chi connectivity index (χ1v) is 8.85. The van der Waals surface area contributed by atoms with Crippen molar-refractivity contribution < 1.29 is 0 Å². The molecule has 1 heterocycles. The highest BCUT2D eigenvalue weighted by atomic mass is 32.2. The highest BCUT2D eigenvalue weighted by Crippen LogP contribution is 2.33. The molecule has 1 aliphatic carbocycles. The molecule has 1 N–H and O–H groups in total. The summed E-state index contributed by atoms with van der Waals surface area (Å²) in [6.07, 6.45) is 7.07. The second-order valence-electron chi connectivity index (χ2n) is 6.20. The lowest BCUT2D eigenvalue weighted by molar-refractivity contribution is 0.135. The summed E-state index contributed by atoms with van der Waals surface area (Å²) in [4.78, 5) is 2.78. The van der Waals surface area contributed by atoms with Gasteiger partial charge in [-0.3, -0.25) is 4.90 Å². The van der Waals surface area contributed by atoms with Gasteiger partial charge in [0.25, 0.3) is 0 Å². The molecule has 2 nitrogen and oxygen atoms in total. The molecule has 0 aromatic rings. The highest BCUT2D eigenvalue weighted by Gasteiger charge is 2.32. The summed E-state index contributed by atoms with van der Waals surface area (Å²) in [5.74, 6) is 1.29. The summed E-state index contributed by atoms with van der Waals surface area (Å²) in [6.45, 7) is 9.45. The van der Waals surface area contributed by atoms with Crippen LogP contribution >= 0.6 is 11.8 Å². The lowest BCUT2D eigenvalue weighted by Gasteiger charge is -2.38. The van der Waals surface area contributed by atoms with Gasteiger partial charge in [0, 0.05) is 29.9 Å². The molecule has 2 rings (SSSR count). The fourth-order valence-corrected chi connectivity index (χ4v) is 4.71. The molecule has 1 saturated heterocycles. The lowest BCUT2D eigenvalue weighted by atomic mass is 10.0. The normalized spacial score (nSPS) is 34.3. The summed E-state index contributed by atoms with van der Waals surface area (Å²) in [7, 11) is 0. The van der Waals surface area contributed by atoms with E-state index < -0.39 is 0 Å². The van der Waals surface area contributed by atoms with E-state index in [9.17, 15) is 0 Å². The Morgan fingerprint density at radius 1 is 1.28 bits per heavy atom. The minimum atomic E-state index is 0.627. The zero-order chi connectivity index (χ0) is 13.0. The molecule has 1 saturated carbocycles. The van der Waals surface area contributed by atoms with Crippen molar-refractivity contribution >= 4 is 11.8 Å². The van der Waals surface area contributed by atoms with Gasteiger partial charge in [-0.15, -0.1) is 0 Å². The van der Waals surface area contributed by atoms with Crippen molar-refractivity contribution in [2.45, 2.75) is 76.3 Å². The number of hydrogen-bond donors (Lipinski definition) is 1. The van der Waals surface area contributed by atoms with E-state index in [4.69, 9.17) is 0 Å². The number of thioether (sulfide) groups is 1. The van der Waals surface area contributed by atoms with E-state index in [0.29, 0.717) is 6.04 Å². The maximum absolute atomic E-state index is 3.72. The largest absolute Gasteiger partial charge is 0.311 e. The maximum Gasteiger partial charge on any atom is 0.0197 e. The number of piperidine rings is 1. The Balaban J connectivity index is 1.78. The molecule has 0 bridgehead atoms. The molecule has 0 spiro atoms. The molecule has 3 unspecified atom stereocenters. The van der Waals surface area contributed by atoms with Crippen molar-refractivity contribution in [2.75, 3.05) is 18.8 Å². The summed E-state index contributed by atoms with van der Waals surface area (Å²) in [6, 6.07) is 2.24. The number of nitrogens with one attached hydrogen (secondary N) is 1. The monoisotopic (exact) mass is 270 g/mol. The van der Waals surface area contributed by atoms with E-state index in [-0.39, 0.29) is 0 Å². The standard InChI is InChI=1S/C15H30N2S/c1-4-18-15-8-7-14(10-15)17-9-5-6-13(11-17)16-12(2)3/h12-16H,4-11H2,1-3H3. The average Bonchev–Trinajstić information content (AvgIpc) is 2.78. The lowest BCUT2D eigenvalue weighted by Crippen LogP contribution is -2.50. The van der Waals surface area contributed by atoms with E-state index in [0.717, 1.165) is 17.3 Å². The SMILES string of the molecule is CCSC1CCC(N2CCCC(NC(C)C)C2)C1. The molecule has 3 atom stereocenters. The molecule has 2 fully saturated rings. The van der Waals surface area contributed by atoms with E-state index in [1.54, 1.807) is 0 Å². The van der Waals surface area contributed by atoms with Gasteiger partial charge in [-0.2, -0.15) is 11.8 Å². The van der Waals surface area contributed by atoms with Crippen LogP contribution in [0, 0.1) is 0 Å². The minimum Gasteiger partial charge on any atom is -0.311 e. The minimum absolute atomic E-state index is 0.627. The Labute approximate surface area is 117 Å². The highest BCUT2D eigenvalue weighted by molar-refractivity contribution is 7.99. The smallest absolute Gasteiger partial charge is 0.0197 e. The Morgan fingerprint density at radius 3 is 2.83 bits per heavy atom. The second-order valence-corrected chi connectivity index (χ2v) is 7.78. The van der Waals surface area contributed by atoms with Crippen LogP contribution in [0.1, 0.15) is 52.9 Å². The molecular weight excluding hydrogens is 240 g/mol. The van der Waals surface area contributed by atoms with Crippen molar-refractivity contribution in [3.05, 3.63) is 0 Å². The van der Waals surface area contributed by atoms with Crippen LogP contribution in [0.4, 0.5) is 0 Å². The Bertz CT molecular complexity index is 245. The van der Waals surface area contributed by atoms with Crippen LogP contribution < -0.4 is 5.32 Å². The third kappa shape index (κ3) is 4.14. The molecule has 3 heteroatoms. The molecule has 106 valence electrons. The number of rotatable bonds is 5. The quantitative estimate of drug-likeness (QED) is 0.826. The van der Waals surface area contributed by atoms with Crippen LogP contribution in [-0.4, -0.2) is 47.1 Å². The van der Waals surface area contributed by atoms with Crippen LogP contribution in [-0.2, 0) is 0 Å². The van der Waals surface area contributed by atoms with Gasteiger partial charge >= 0.3 is 0 Å². The van der Waals surface area contributed by atoms with Crippen LogP contribution in [0.3, 0.4) is 0 Å². The molecule has 1 aliphatic heterocycles. The van der Waals surface area contributed by atoms with Crippen LogP contribution in [0.2, 0.25) is 0 Å². The fraction of sp³-hybridized carbons (Fsp3) is 1.00. The Kier molecular flexibility index (Phi) is 5.84. The third-order valence-corrected chi connectivity index (χ3v) is 5.53. The van der Waals surface area contributed by atoms with Crippen LogP contribution in [0.25, 0.3) is 0 Å². The molecule has 0 radical (unpaired) electrons. The number of likely N-dealkylation sites (tertiary alicyclic amines) is 1. The summed E-state index contributed by atoms with van der Waals surface area (Å²) in [5, 5.41) is 4.67. The van der Waals surface area contributed by atoms with Gasteiger partial charge in [-0.25, -0.2) is 0 Å². The van der Waals surface area contributed by atoms with Gasteiger partial charge in [0.05, 0.1) is 0 Å². The van der Waals surface area contributed by atoms with E-state index in [1.807, 2.05) is 0 Å². The van der Waals surface area contributed by atoms with Gasteiger partial charge in [0.1, 0.15) is 0 Å². The zero-order valence-corrected chi connectivity index (χ0v) is 13.1. The first-order valence-electron chi connectivity index (χ1n) is 7.80. The number of nitrogens with zero attached hydrogens (tertiary/aromatic N) is 1. The van der Waals surface area contributed by atoms with Gasteiger partial charge in [-0.1, -0.05) is 20.8 Å². The Hall–Kier alpha value is 0.270. The third-order valence-electron chi connectivity index (χ3n) is 4.30. The second kappa shape index (κ2) is 7.16. The fourth-order valence-electron chi connectivity index (χ4n) is 3.58. The van der Waals surface area contributed by atoms with E-state index >= 15 is 0 Å². The predicted octanol–water partition coefficient (Wildman–Crippen LogP) is 3.12. The molecule has 0 aromatic heterocycles. The zero-order valence-electron chi connectivity index (χ0n) is 12.3. The molecule has 0 amide bonds.